The van der Waals surface area contributed by atoms with Crippen molar-refractivity contribution in [1.29, 1.82) is 0 Å². The standard InChI is InChI=1S/C22H37N5O2/c1-6-23-21(26(5)16-20(29)25-22(2,3)4)24-13-19(28)15-27-12-11-17-9-7-8-10-18(17)14-27/h7-10,19,28H,6,11-16H2,1-5H3,(H,23,24)(H,25,29). The van der Waals surface area contributed by atoms with Crippen molar-refractivity contribution in [3.63, 3.8) is 0 Å². The van der Waals surface area contributed by atoms with E-state index < -0.39 is 6.10 Å². The Labute approximate surface area is 175 Å². The van der Waals surface area contributed by atoms with Crippen molar-refractivity contribution in [3.05, 3.63) is 35.4 Å². The number of aliphatic hydroxyl groups is 1. The Bertz CT molecular complexity index is 699. The predicted molar refractivity (Wildman–Crippen MR) is 118 cm³/mol. The summed E-state index contributed by atoms with van der Waals surface area (Å²) in [7, 11) is 1.83. The number of aliphatic imine (C=N–C) groups is 1. The SMILES string of the molecule is CCNC(=NCC(O)CN1CCc2ccccc2C1)N(C)CC(=O)NC(C)(C)C. The minimum Gasteiger partial charge on any atom is -0.390 e. The lowest BCUT2D eigenvalue weighted by atomic mass is 10.00. The molecule has 1 aromatic rings. The Morgan fingerprint density at radius 1 is 1.31 bits per heavy atom. The number of guanidine groups is 1. The number of β-amino-alcohol motifs (C(OH)–C–C–N with tert-alkyl or cyclic N) is 1. The van der Waals surface area contributed by atoms with Gasteiger partial charge in [0, 0.05) is 38.8 Å². The number of hydrogen-bond acceptors (Lipinski definition) is 4. The van der Waals surface area contributed by atoms with E-state index in [2.05, 4.69) is 44.8 Å². The number of benzene rings is 1. The smallest absolute Gasteiger partial charge is 0.240 e. The van der Waals surface area contributed by atoms with Crippen LogP contribution in [0.15, 0.2) is 29.3 Å². The fraction of sp³-hybridized carbons (Fsp3) is 0.636. The molecule has 0 saturated heterocycles. The van der Waals surface area contributed by atoms with Crippen molar-refractivity contribution in [2.45, 2.75) is 52.3 Å². The van der Waals surface area contributed by atoms with Crippen LogP contribution in [0, 0.1) is 0 Å². The highest BCUT2D eigenvalue weighted by Gasteiger charge is 2.19. The number of nitrogens with zero attached hydrogens (tertiary/aromatic N) is 3. The maximum atomic E-state index is 12.2. The van der Waals surface area contributed by atoms with E-state index in [0.717, 1.165) is 19.5 Å². The first-order valence-corrected chi connectivity index (χ1v) is 10.5. The van der Waals surface area contributed by atoms with Crippen LogP contribution in [0.2, 0.25) is 0 Å². The van der Waals surface area contributed by atoms with Crippen LogP contribution < -0.4 is 10.6 Å². The maximum absolute atomic E-state index is 12.2. The molecule has 0 saturated carbocycles. The number of amides is 1. The summed E-state index contributed by atoms with van der Waals surface area (Å²) in [6, 6.07) is 8.49. The first-order chi connectivity index (χ1) is 13.7. The number of hydrogen-bond donors (Lipinski definition) is 3. The second-order valence-corrected chi connectivity index (χ2v) is 8.76. The average Bonchev–Trinajstić information content (AvgIpc) is 2.63. The normalized spacial score (nSPS) is 16.1. The third-order valence-electron chi connectivity index (χ3n) is 4.72. The molecule has 0 bridgehead atoms. The van der Waals surface area contributed by atoms with Crippen LogP contribution in [0.1, 0.15) is 38.8 Å². The zero-order valence-electron chi connectivity index (χ0n) is 18.5. The van der Waals surface area contributed by atoms with Crippen molar-refractivity contribution < 1.29 is 9.90 Å². The van der Waals surface area contributed by atoms with Gasteiger partial charge in [0.05, 0.1) is 19.2 Å². The maximum Gasteiger partial charge on any atom is 0.240 e. The number of likely N-dealkylation sites (N-methyl/N-ethyl adjacent to an activating group) is 1. The monoisotopic (exact) mass is 403 g/mol. The molecule has 1 unspecified atom stereocenters. The van der Waals surface area contributed by atoms with E-state index in [0.29, 0.717) is 25.6 Å². The van der Waals surface area contributed by atoms with Gasteiger partial charge in [0.2, 0.25) is 5.91 Å². The molecule has 0 spiro atoms. The van der Waals surface area contributed by atoms with Crippen LogP contribution in [0.4, 0.5) is 0 Å². The van der Waals surface area contributed by atoms with Gasteiger partial charge in [-0.2, -0.15) is 0 Å². The highest BCUT2D eigenvalue weighted by Crippen LogP contribution is 2.18. The lowest BCUT2D eigenvalue weighted by Crippen LogP contribution is -2.49. The van der Waals surface area contributed by atoms with Gasteiger partial charge >= 0.3 is 0 Å². The van der Waals surface area contributed by atoms with Crippen molar-refractivity contribution in [2.75, 3.05) is 39.8 Å². The summed E-state index contributed by atoms with van der Waals surface area (Å²) in [5.41, 5.74) is 2.48. The van der Waals surface area contributed by atoms with E-state index in [1.807, 2.05) is 34.7 Å². The number of carbonyl (C=O) groups is 1. The zero-order chi connectivity index (χ0) is 21.4. The van der Waals surface area contributed by atoms with E-state index >= 15 is 0 Å². The Balaban J connectivity index is 1.87. The third-order valence-corrected chi connectivity index (χ3v) is 4.72. The Hall–Kier alpha value is -2.12. The van der Waals surface area contributed by atoms with Gasteiger partial charge in [-0.25, -0.2) is 0 Å². The predicted octanol–water partition coefficient (Wildman–Crippen LogP) is 1.22. The van der Waals surface area contributed by atoms with Crippen molar-refractivity contribution in [1.82, 2.24) is 20.4 Å². The zero-order valence-corrected chi connectivity index (χ0v) is 18.5. The van der Waals surface area contributed by atoms with E-state index in [9.17, 15) is 9.90 Å². The molecule has 1 aromatic carbocycles. The summed E-state index contributed by atoms with van der Waals surface area (Å²) in [5.74, 6) is 0.567. The van der Waals surface area contributed by atoms with Gasteiger partial charge in [-0.15, -0.1) is 0 Å². The number of rotatable bonds is 7. The van der Waals surface area contributed by atoms with Gasteiger partial charge < -0.3 is 20.6 Å². The summed E-state index contributed by atoms with van der Waals surface area (Å²) in [6.07, 6.45) is 0.464. The molecular formula is C22H37N5O2. The van der Waals surface area contributed by atoms with Gasteiger partial charge in [-0.05, 0) is 45.2 Å². The van der Waals surface area contributed by atoms with Gasteiger partial charge in [0.25, 0.3) is 0 Å². The minimum atomic E-state index is -0.550. The summed E-state index contributed by atoms with van der Waals surface area (Å²) in [4.78, 5) is 20.8. The molecule has 0 aromatic heterocycles. The van der Waals surface area contributed by atoms with Gasteiger partial charge in [0.1, 0.15) is 0 Å². The molecule has 2 rings (SSSR count). The largest absolute Gasteiger partial charge is 0.390 e. The number of nitrogens with one attached hydrogen (secondary N) is 2. The van der Waals surface area contributed by atoms with Crippen LogP contribution in [-0.4, -0.2) is 78.2 Å². The quantitative estimate of drug-likeness (QED) is 0.471. The highest BCUT2D eigenvalue weighted by atomic mass is 16.3. The molecule has 1 aliphatic rings. The number of carbonyl (C=O) groups excluding carboxylic acids is 1. The molecule has 7 nitrogen and oxygen atoms in total. The van der Waals surface area contributed by atoms with Crippen LogP contribution in [0.3, 0.4) is 0 Å². The molecule has 1 heterocycles. The molecule has 0 radical (unpaired) electrons. The van der Waals surface area contributed by atoms with E-state index in [1.54, 1.807) is 4.90 Å². The van der Waals surface area contributed by atoms with Crippen LogP contribution in [-0.2, 0) is 17.8 Å². The summed E-state index contributed by atoms with van der Waals surface area (Å²) in [5, 5.41) is 16.7. The fourth-order valence-corrected chi connectivity index (χ4v) is 3.48. The minimum absolute atomic E-state index is 0.0573. The van der Waals surface area contributed by atoms with Gasteiger partial charge in [0.15, 0.2) is 5.96 Å². The molecule has 162 valence electrons. The van der Waals surface area contributed by atoms with E-state index in [1.165, 1.54) is 11.1 Å². The lowest BCUT2D eigenvalue weighted by molar-refractivity contribution is -0.122. The van der Waals surface area contributed by atoms with E-state index in [-0.39, 0.29) is 18.0 Å². The molecule has 7 heteroatoms. The second kappa shape index (κ2) is 10.6. The molecular weight excluding hydrogens is 366 g/mol. The first kappa shape index (κ1) is 23.2. The Morgan fingerprint density at radius 2 is 2.00 bits per heavy atom. The van der Waals surface area contributed by atoms with E-state index in [4.69, 9.17) is 0 Å². The average molecular weight is 404 g/mol. The summed E-state index contributed by atoms with van der Waals surface area (Å²) >= 11 is 0. The highest BCUT2D eigenvalue weighted by molar-refractivity contribution is 5.86. The van der Waals surface area contributed by atoms with Crippen LogP contribution >= 0.6 is 0 Å². The molecule has 1 amide bonds. The van der Waals surface area contributed by atoms with Crippen molar-refractivity contribution >= 4 is 11.9 Å². The Morgan fingerprint density at radius 3 is 2.66 bits per heavy atom. The molecule has 1 atom stereocenters. The lowest BCUT2D eigenvalue weighted by Gasteiger charge is -2.30. The van der Waals surface area contributed by atoms with Gasteiger partial charge in [-0.3, -0.25) is 14.7 Å². The number of fused-ring (bicyclic) bond motifs is 1. The third kappa shape index (κ3) is 8.03. The molecule has 1 aliphatic heterocycles. The molecule has 0 aliphatic carbocycles. The first-order valence-electron chi connectivity index (χ1n) is 10.5. The summed E-state index contributed by atoms with van der Waals surface area (Å²) in [6.45, 7) is 11.5. The van der Waals surface area contributed by atoms with Gasteiger partial charge in [-0.1, -0.05) is 24.3 Å². The van der Waals surface area contributed by atoms with Crippen molar-refractivity contribution in [3.8, 4) is 0 Å². The summed E-state index contributed by atoms with van der Waals surface area (Å²) < 4.78 is 0. The van der Waals surface area contributed by atoms with Crippen molar-refractivity contribution in [2.24, 2.45) is 4.99 Å². The molecule has 0 fully saturated rings. The fourth-order valence-electron chi connectivity index (χ4n) is 3.48. The molecule has 3 N–H and O–H groups in total. The topological polar surface area (TPSA) is 80.2 Å². The Kier molecular flexibility index (Phi) is 8.46. The van der Waals surface area contributed by atoms with Crippen LogP contribution in [0.25, 0.3) is 0 Å². The molecule has 29 heavy (non-hydrogen) atoms. The van der Waals surface area contributed by atoms with Crippen LogP contribution in [0.5, 0.6) is 0 Å². The number of aliphatic hydroxyl groups excluding tert-OH is 1. The second-order valence-electron chi connectivity index (χ2n) is 8.76.